The molecule has 6 rings (SSSR count). The van der Waals surface area contributed by atoms with Crippen LogP contribution in [0.15, 0.2) is 84.0 Å². The van der Waals surface area contributed by atoms with Gasteiger partial charge in [0.25, 0.3) is 0 Å². The number of allylic oxidation sites excluding steroid dienone is 1. The first-order chi connectivity index (χ1) is 24.8. The SMILES string of the molecule is CCCCCCCC(=O)O[C@@]12C[C@@H](C)[C@]34C=C(C)[C@H](O)[C@@]3(O)[C@H](O)C(COC(=O)c3ccccc3)=C[C@H](C4=O)[C@@H]1C2(C)COC(=O)c1ccccc1. The van der Waals surface area contributed by atoms with Crippen molar-refractivity contribution in [2.24, 2.45) is 28.6 Å². The van der Waals surface area contributed by atoms with Gasteiger partial charge in [0.1, 0.15) is 36.6 Å². The molecule has 0 saturated heterocycles. The molecule has 9 atom stereocenters. The molecule has 10 heteroatoms. The van der Waals surface area contributed by atoms with E-state index in [0.29, 0.717) is 17.6 Å². The van der Waals surface area contributed by atoms with Crippen LogP contribution in [0.2, 0.25) is 0 Å². The van der Waals surface area contributed by atoms with Crippen LogP contribution in [0, 0.1) is 28.6 Å². The summed E-state index contributed by atoms with van der Waals surface area (Å²) in [5.74, 6) is -4.70. The Morgan fingerprint density at radius 2 is 1.46 bits per heavy atom. The maximum absolute atomic E-state index is 15.2. The van der Waals surface area contributed by atoms with E-state index in [4.69, 9.17) is 14.2 Å². The average molecular weight is 715 g/mol. The Kier molecular flexibility index (Phi) is 10.4. The zero-order valence-electron chi connectivity index (χ0n) is 30.4. The highest BCUT2D eigenvalue weighted by Crippen LogP contribution is 2.75. The number of ketones is 1. The molecule has 4 aliphatic rings. The Morgan fingerprint density at radius 3 is 2.08 bits per heavy atom. The van der Waals surface area contributed by atoms with Gasteiger partial charge in [-0.25, -0.2) is 9.59 Å². The van der Waals surface area contributed by atoms with Gasteiger partial charge in [0, 0.05) is 23.7 Å². The minimum Gasteiger partial charge on any atom is -0.461 e. The Labute approximate surface area is 304 Å². The van der Waals surface area contributed by atoms with E-state index >= 15 is 4.79 Å². The summed E-state index contributed by atoms with van der Waals surface area (Å²) >= 11 is 0. The van der Waals surface area contributed by atoms with Crippen molar-refractivity contribution in [3.63, 3.8) is 0 Å². The fourth-order valence-corrected chi connectivity index (χ4v) is 9.55. The van der Waals surface area contributed by atoms with Gasteiger partial charge in [0.15, 0.2) is 5.78 Å². The standard InChI is InChI=1S/C42H50O10/c1-5-6-7-8-15-20-32(43)52-41-23-27(3)40-22-26(2)34(44)42(40,49)35(45)30(24-50-37(47)28-16-11-9-12-17-28)21-31(36(40)46)33(41)39(41,4)25-51-38(48)29-18-13-10-14-19-29/h9-14,16-19,21-22,27,31,33-35,44-45,49H,5-8,15,20,23-25H2,1-4H3/t27-,31+,33-,34+,35-,39?,40+,41+,42-/m1/s1. The van der Waals surface area contributed by atoms with Crippen LogP contribution in [0.1, 0.15) is 93.4 Å². The summed E-state index contributed by atoms with van der Waals surface area (Å²) in [6.45, 7) is 6.66. The largest absolute Gasteiger partial charge is 0.461 e. The summed E-state index contributed by atoms with van der Waals surface area (Å²) in [6.07, 6.45) is 4.57. The van der Waals surface area contributed by atoms with Crippen LogP contribution >= 0.6 is 0 Å². The van der Waals surface area contributed by atoms with E-state index in [1.165, 1.54) is 6.08 Å². The summed E-state index contributed by atoms with van der Waals surface area (Å²) in [4.78, 5) is 55.1. The lowest BCUT2D eigenvalue weighted by Crippen LogP contribution is -2.65. The van der Waals surface area contributed by atoms with Crippen molar-refractivity contribution in [2.75, 3.05) is 13.2 Å². The van der Waals surface area contributed by atoms with Crippen LogP contribution in [0.4, 0.5) is 0 Å². The van der Waals surface area contributed by atoms with Gasteiger partial charge < -0.3 is 29.5 Å². The zero-order valence-corrected chi connectivity index (χ0v) is 30.4. The third-order valence-electron chi connectivity index (χ3n) is 12.3. The molecular formula is C42H50O10. The van der Waals surface area contributed by atoms with Crippen molar-refractivity contribution >= 4 is 23.7 Å². The first-order valence-corrected chi connectivity index (χ1v) is 18.5. The van der Waals surface area contributed by atoms with Gasteiger partial charge >= 0.3 is 17.9 Å². The van der Waals surface area contributed by atoms with Crippen molar-refractivity contribution in [3.05, 3.63) is 95.1 Å². The summed E-state index contributed by atoms with van der Waals surface area (Å²) in [5.41, 5.74) is -5.56. The van der Waals surface area contributed by atoms with E-state index in [1.54, 1.807) is 80.6 Å². The lowest BCUT2D eigenvalue weighted by atomic mass is 9.59. The molecule has 1 unspecified atom stereocenters. The first-order valence-electron chi connectivity index (χ1n) is 18.5. The second kappa shape index (κ2) is 14.4. The third kappa shape index (κ3) is 5.93. The average Bonchev–Trinajstić information content (AvgIpc) is 3.60. The predicted octanol–water partition coefficient (Wildman–Crippen LogP) is 5.54. The minimum absolute atomic E-state index is 0.0370. The topological polar surface area (TPSA) is 157 Å². The lowest BCUT2D eigenvalue weighted by molar-refractivity contribution is -0.192. The number of aliphatic hydroxyl groups excluding tert-OH is 2. The lowest BCUT2D eigenvalue weighted by Gasteiger charge is -2.48. The molecule has 2 saturated carbocycles. The Hall–Kier alpha value is -4.12. The van der Waals surface area contributed by atoms with Crippen LogP contribution in [0.3, 0.4) is 0 Å². The molecule has 4 aliphatic carbocycles. The summed E-state index contributed by atoms with van der Waals surface area (Å²) in [7, 11) is 0. The van der Waals surface area contributed by atoms with Crippen molar-refractivity contribution in [1.29, 1.82) is 0 Å². The number of hydrogen-bond acceptors (Lipinski definition) is 10. The number of Topliss-reactive ketones (excluding diaryl/α,β-unsaturated/α-hetero) is 1. The van der Waals surface area contributed by atoms with Gasteiger partial charge in [-0.15, -0.1) is 0 Å². The summed E-state index contributed by atoms with van der Waals surface area (Å²) in [6, 6.07) is 16.8. The number of hydrogen-bond donors (Lipinski definition) is 3. The Bertz CT molecular complexity index is 1750. The van der Waals surface area contributed by atoms with Gasteiger partial charge in [-0.3, -0.25) is 9.59 Å². The number of unbranched alkanes of at least 4 members (excludes halogenated alkanes) is 4. The van der Waals surface area contributed by atoms with E-state index in [0.717, 1.165) is 25.7 Å². The highest BCUT2D eigenvalue weighted by Gasteiger charge is 2.85. The first kappa shape index (κ1) is 37.6. The fourth-order valence-electron chi connectivity index (χ4n) is 9.55. The van der Waals surface area contributed by atoms with Gasteiger partial charge in [-0.2, -0.15) is 0 Å². The van der Waals surface area contributed by atoms with Gasteiger partial charge in [0.05, 0.1) is 16.5 Å². The fraction of sp³-hybridized carbons (Fsp3) is 0.524. The van der Waals surface area contributed by atoms with Crippen LogP contribution in [-0.2, 0) is 23.8 Å². The number of aliphatic hydroxyl groups is 3. The number of ether oxygens (including phenoxy) is 3. The molecule has 0 amide bonds. The molecule has 278 valence electrons. The van der Waals surface area contributed by atoms with Gasteiger partial charge in [-0.05, 0) is 61.1 Å². The van der Waals surface area contributed by atoms with Crippen molar-refractivity contribution in [2.45, 2.75) is 96.1 Å². The van der Waals surface area contributed by atoms with E-state index in [2.05, 4.69) is 6.92 Å². The van der Waals surface area contributed by atoms with Gasteiger partial charge in [0.2, 0.25) is 0 Å². The molecule has 2 aromatic rings. The maximum Gasteiger partial charge on any atom is 0.338 e. The van der Waals surface area contributed by atoms with E-state index in [9.17, 15) is 29.7 Å². The maximum atomic E-state index is 15.2. The van der Waals surface area contributed by atoms with E-state index in [1.807, 2.05) is 6.92 Å². The van der Waals surface area contributed by atoms with E-state index < -0.39 is 82.3 Å². The Morgan fingerprint density at radius 1 is 0.865 bits per heavy atom. The normalized spacial score (nSPS) is 34.4. The highest BCUT2D eigenvalue weighted by atomic mass is 16.6. The van der Waals surface area contributed by atoms with Crippen molar-refractivity contribution in [1.82, 2.24) is 0 Å². The molecule has 2 bridgehead atoms. The summed E-state index contributed by atoms with van der Waals surface area (Å²) in [5, 5.41) is 36.1. The number of fused-ring (bicyclic) bond motifs is 3. The quantitative estimate of drug-likeness (QED) is 0.104. The molecule has 2 fully saturated rings. The number of benzene rings is 2. The Balaban J connectivity index is 1.41. The number of rotatable bonds is 13. The third-order valence-corrected chi connectivity index (χ3v) is 12.3. The molecule has 0 aliphatic heterocycles. The van der Waals surface area contributed by atoms with Crippen LogP contribution in [-0.4, -0.2) is 75.6 Å². The van der Waals surface area contributed by atoms with Crippen LogP contribution < -0.4 is 0 Å². The molecule has 0 heterocycles. The molecule has 52 heavy (non-hydrogen) atoms. The van der Waals surface area contributed by atoms with Crippen molar-refractivity contribution in [3.8, 4) is 0 Å². The molecular weight excluding hydrogens is 664 g/mol. The molecule has 2 aromatic carbocycles. The molecule has 10 nitrogen and oxygen atoms in total. The number of esters is 3. The monoisotopic (exact) mass is 714 g/mol. The van der Waals surface area contributed by atoms with Crippen LogP contribution in [0.5, 0.6) is 0 Å². The van der Waals surface area contributed by atoms with Crippen LogP contribution in [0.25, 0.3) is 0 Å². The molecule has 3 N–H and O–H groups in total. The minimum atomic E-state index is -2.41. The highest BCUT2D eigenvalue weighted by molar-refractivity contribution is 5.96. The number of carbonyl (C=O) groups excluding carboxylic acids is 4. The predicted molar refractivity (Wildman–Crippen MR) is 191 cm³/mol. The zero-order chi connectivity index (χ0) is 37.5. The summed E-state index contributed by atoms with van der Waals surface area (Å²) < 4.78 is 18.0. The molecule has 0 radical (unpaired) electrons. The van der Waals surface area contributed by atoms with Crippen molar-refractivity contribution < 1.29 is 48.7 Å². The molecule has 0 aromatic heterocycles. The second-order valence-electron chi connectivity index (χ2n) is 15.4. The van der Waals surface area contributed by atoms with E-state index in [-0.39, 0.29) is 30.6 Å². The number of carbonyl (C=O) groups is 4. The second-order valence-corrected chi connectivity index (χ2v) is 15.4. The smallest absolute Gasteiger partial charge is 0.338 e. The van der Waals surface area contributed by atoms with Gasteiger partial charge in [-0.1, -0.05) is 95.0 Å². The molecule has 1 spiro atoms.